The van der Waals surface area contributed by atoms with Crippen LogP contribution in [-0.4, -0.2) is 19.3 Å². The highest BCUT2D eigenvalue weighted by Gasteiger charge is 2.04. The second kappa shape index (κ2) is 8.08. The molecule has 1 unspecified atom stereocenters. The lowest BCUT2D eigenvalue weighted by Crippen LogP contribution is -2.16. The van der Waals surface area contributed by atoms with E-state index in [1.807, 2.05) is 61.5 Å². The highest BCUT2D eigenvalue weighted by Crippen LogP contribution is 2.14. The summed E-state index contributed by atoms with van der Waals surface area (Å²) < 4.78 is 11.3. The molecule has 0 bridgehead atoms. The Morgan fingerprint density at radius 2 is 1.71 bits per heavy atom. The van der Waals surface area contributed by atoms with Crippen LogP contribution < -0.4 is 4.74 Å². The molecule has 0 amide bonds. The van der Waals surface area contributed by atoms with Crippen LogP contribution in [0.4, 0.5) is 5.69 Å². The third-order valence-corrected chi connectivity index (χ3v) is 3.09. The van der Waals surface area contributed by atoms with Gasteiger partial charge >= 0.3 is 0 Å². The second-order valence-corrected chi connectivity index (χ2v) is 4.83. The Labute approximate surface area is 126 Å². The number of nitrogens with zero attached hydrogens (tertiary/aromatic N) is 1. The van der Waals surface area contributed by atoms with Gasteiger partial charge in [-0.3, -0.25) is 0 Å². The second-order valence-electron chi connectivity index (χ2n) is 4.83. The van der Waals surface area contributed by atoms with Gasteiger partial charge in [-0.2, -0.15) is 0 Å². The van der Waals surface area contributed by atoms with Gasteiger partial charge in [0.2, 0.25) is 0 Å². The van der Waals surface area contributed by atoms with Gasteiger partial charge < -0.3 is 9.47 Å². The van der Waals surface area contributed by atoms with E-state index in [2.05, 4.69) is 4.85 Å². The highest BCUT2D eigenvalue weighted by molar-refractivity contribution is 5.45. The van der Waals surface area contributed by atoms with Crippen LogP contribution in [0, 0.1) is 6.57 Å². The van der Waals surface area contributed by atoms with E-state index in [9.17, 15) is 0 Å². The van der Waals surface area contributed by atoms with Gasteiger partial charge in [-0.25, -0.2) is 4.85 Å². The van der Waals surface area contributed by atoms with E-state index in [0.717, 1.165) is 12.2 Å². The van der Waals surface area contributed by atoms with Crippen LogP contribution in [0.5, 0.6) is 5.75 Å². The summed E-state index contributed by atoms with van der Waals surface area (Å²) in [5.74, 6) is 0.864. The van der Waals surface area contributed by atoms with Crippen molar-refractivity contribution in [2.75, 3.05) is 13.2 Å². The Hall–Kier alpha value is -2.31. The first-order valence-electron chi connectivity index (χ1n) is 7.04. The largest absolute Gasteiger partial charge is 0.491 e. The molecule has 0 aliphatic rings. The molecular formula is C18H19NO2. The lowest BCUT2D eigenvalue weighted by Gasteiger charge is -2.13. The fourth-order valence-electron chi connectivity index (χ4n) is 2.02. The van der Waals surface area contributed by atoms with Crippen molar-refractivity contribution in [3.8, 4) is 5.75 Å². The molecular weight excluding hydrogens is 262 g/mol. The van der Waals surface area contributed by atoms with Crippen LogP contribution in [0.3, 0.4) is 0 Å². The fraction of sp³-hybridized carbons (Fsp3) is 0.278. The Morgan fingerprint density at radius 1 is 1.00 bits per heavy atom. The minimum Gasteiger partial charge on any atom is -0.491 e. The van der Waals surface area contributed by atoms with Gasteiger partial charge in [0.05, 0.1) is 19.3 Å². The number of ether oxygens (including phenoxy) is 2. The Bertz CT molecular complexity index is 572. The van der Waals surface area contributed by atoms with E-state index in [-0.39, 0.29) is 6.10 Å². The number of hydrogen-bond donors (Lipinski definition) is 0. The molecule has 2 aromatic rings. The Balaban J connectivity index is 1.67. The molecule has 0 N–H and O–H groups in total. The molecule has 3 nitrogen and oxygen atoms in total. The third kappa shape index (κ3) is 5.29. The van der Waals surface area contributed by atoms with Crippen LogP contribution in [-0.2, 0) is 11.2 Å². The number of hydrogen-bond acceptors (Lipinski definition) is 2. The van der Waals surface area contributed by atoms with Crippen molar-refractivity contribution in [3.05, 3.63) is 71.6 Å². The molecule has 2 aromatic carbocycles. The first-order chi connectivity index (χ1) is 10.3. The van der Waals surface area contributed by atoms with E-state index in [1.165, 1.54) is 5.56 Å². The van der Waals surface area contributed by atoms with Crippen LogP contribution in [0.15, 0.2) is 54.6 Å². The number of para-hydroxylation sites is 1. The van der Waals surface area contributed by atoms with Gasteiger partial charge in [0, 0.05) is 0 Å². The normalized spacial score (nSPS) is 11.6. The van der Waals surface area contributed by atoms with Crippen LogP contribution in [0.1, 0.15) is 12.5 Å². The van der Waals surface area contributed by atoms with Gasteiger partial charge in [-0.1, -0.05) is 42.5 Å². The minimum atomic E-state index is 0.128. The van der Waals surface area contributed by atoms with Crippen molar-refractivity contribution >= 4 is 5.69 Å². The summed E-state index contributed by atoms with van der Waals surface area (Å²) >= 11 is 0. The molecule has 0 aromatic heterocycles. The van der Waals surface area contributed by atoms with Gasteiger partial charge in [-0.05, 0) is 31.0 Å². The average molecular weight is 281 g/mol. The molecule has 0 aliphatic heterocycles. The van der Waals surface area contributed by atoms with Gasteiger partial charge in [0.15, 0.2) is 5.69 Å². The fourth-order valence-corrected chi connectivity index (χ4v) is 2.02. The maximum Gasteiger partial charge on any atom is 0.187 e. The van der Waals surface area contributed by atoms with Crippen molar-refractivity contribution < 1.29 is 9.47 Å². The maximum absolute atomic E-state index is 6.93. The monoisotopic (exact) mass is 281 g/mol. The molecule has 0 saturated carbocycles. The van der Waals surface area contributed by atoms with Crippen molar-refractivity contribution in [1.82, 2.24) is 0 Å². The van der Waals surface area contributed by atoms with Crippen molar-refractivity contribution in [3.63, 3.8) is 0 Å². The molecule has 2 rings (SSSR count). The first-order valence-corrected chi connectivity index (χ1v) is 7.04. The Kier molecular flexibility index (Phi) is 5.81. The van der Waals surface area contributed by atoms with E-state index in [4.69, 9.17) is 16.0 Å². The van der Waals surface area contributed by atoms with Crippen LogP contribution in [0.25, 0.3) is 4.85 Å². The average Bonchev–Trinajstić information content (AvgIpc) is 2.53. The zero-order valence-electron chi connectivity index (χ0n) is 12.2. The molecule has 0 aliphatic carbocycles. The molecule has 0 fully saturated rings. The zero-order valence-corrected chi connectivity index (χ0v) is 12.2. The van der Waals surface area contributed by atoms with Crippen LogP contribution in [0.2, 0.25) is 0 Å². The summed E-state index contributed by atoms with van der Waals surface area (Å²) in [5, 5.41) is 0. The molecule has 108 valence electrons. The van der Waals surface area contributed by atoms with E-state index >= 15 is 0 Å². The molecule has 1 atom stereocenters. The third-order valence-electron chi connectivity index (χ3n) is 3.09. The van der Waals surface area contributed by atoms with Crippen molar-refractivity contribution in [2.24, 2.45) is 0 Å². The summed E-state index contributed by atoms with van der Waals surface area (Å²) in [6, 6.07) is 17.4. The standard InChI is InChI=1S/C18H19NO2/c1-15(14-16-8-10-17(19-2)11-9-16)20-12-13-21-18-6-4-3-5-7-18/h3-11,15H,12-14H2,1H3. The molecule has 3 heteroatoms. The lowest BCUT2D eigenvalue weighted by atomic mass is 10.1. The van der Waals surface area contributed by atoms with E-state index < -0.39 is 0 Å². The maximum atomic E-state index is 6.93. The number of rotatable bonds is 7. The minimum absolute atomic E-state index is 0.128. The summed E-state index contributed by atoms with van der Waals surface area (Å²) in [6.07, 6.45) is 0.965. The highest BCUT2D eigenvalue weighted by atomic mass is 16.5. The van der Waals surface area contributed by atoms with Gasteiger partial charge in [0.25, 0.3) is 0 Å². The molecule has 0 radical (unpaired) electrons. The van der Waals surface area contributed by atoms with Crippen LogP contribution >= 0.6 is 0 Å². The molecule has 0 saturated heterocycles. The quantitative estimate of drug-likeness (QED) is 0.559. The first kappa shape index (κ1) is 15.1. The Morgan fingerprint density at radius 3 is 2.38 bits per heavy atom. The van der Waals surface area contributed by atoms with Gasteiger partial charge in [-0.15, -0.1) is 0 Å². The zero-order chi connectivity index (χ0) is 14.9. The summed E-state index contributed by atoms with van der Waals surface area (Å²) in [6.45, 7) is 10.1. The van der Waals surface area contributed by atoms with E-state index in [0.29, 0.717) is 18.9 Å². The van der Waals surface area contributed by atoms with Crippen molar-refractivity contribution in [2.45, 2.75) is 19.4 Å². The molecule has 21 heavy (non-hydrogen) atoms. The summed E-state index contributed by atoms with van der Waals surface area (Å²) in [4.78, 5) is 3.38. The van der Waals surface area contributed by atoms with Crippen molar-refractivity contribution in [1.29, 1.82) is 0 Å². The topological polar surface area (TPSA) is 22.8 Å². The predicted molar refractivity (Wildman–Crippen MR) is 83.8 cm³/mol. The lowest BCUT2D eigenvalue weighted by molar-refractivity contribution is 0.0449. The number of benzene rings is 2. The smallest absolute Gasteiger partial charge is 0.187 e. The summed E-state index contributed by atoms with van der Waals surface area (Å²) in [7, 11) is 0. The molecule has 0 heterocycles. The van der Waals surface area contributed by atoms with Gasteiger partial charge in [0.1, 0.15) is 12.4 Å². The van der Waals surface area contributed by atoms with E-state index in [1.54, 1.807) is 0 Å². The predicted octanol–water partition coefficient (Wildman–Crippen LogP) is 4.26. The molecule has 0 spiro atoms. The summed E-state index contributed by atoms with van der Waals surface area (Å²) in [5.41, 5.74) is 1.85. The SMILES string of the molecule is [C-]#[N+]c1ccc(CC(C)OCCOc2ccccc2)cc1.